The molecule has 0 aromatic heterocycles. The largest absolute Gasteiger partial charge is 0.394 e. The molecule has 5 atom stereocenters. The first kappa shape index (κ1) is 11.4. The summed E-state index contributed by atoms with van der Waals surface area (Å²) >= 11 is 0. The van der Waals surface area contributed by atoms with E-state index in [9.17, 15) is 0 Å². The molecule has 0 radical (unpaired) electrons. The summed E-state index contributed by atoms with van der Waals surface area (Å²) in [6, 6.07) is 0. The summed E-state index contributed by atoms with van der Waals surface area (Å²) < 4.78 is 5.83. The second kappa shape index (κ2) is 4.84. The molecule has 2 fully saturated rings. The van der Waals surface area contributed by atoms with Crippen molar-refractivity contribution >= 4 is 0 Å². The molecule has 0 heterocycles. The highest BCUT2D eigenvalue weighted by molar-refractivity contribution is 4.90. The summed E-state index contributed by atoms with van der Waals surface area (Å²) in [6.45, 7) is 5.37. The fourth-order valence-corrected chi connectivity index (χ4v) is 3.88. The van der Waals surface area contributed by atoms with Crippen LogP contribution in [0.1, 0.15) is 39.5 Å². The van der Waals surface area contributed by atoms with E-state index in [2.05, 4.69) is 13.8 Å². The number of aliphatic hydroxyl groups is 1. The fourth-order valence-electron chi connectivity index (χ4n) is 3.88. The van der Waals surface area contributed by atoms with E-state index in [0.717, 1.165) is 17.8 Å². The normalized spacial score (nSPS) is 45.4. The summed E-state index contributed by atoms with van der Waals surface area (Å²) in [6.07, 6.45) is 5.86. The van der Waals surface area contributed by atoms with Gasteiger partial charge in [0.05, 0.1) is 19.3 Å². The van der Waals surface area contributed by atoms with E-state index >= 15 is 0 Å². The number of hydrogen-bond donors (Lipinski definition) is 1. The van der Waals surface area contributed by atoms with Crippen molar-refractivity contribution in [3.05, 3.63) is 0 Å². The van der Waals surface area contributed by atoms with Crippen LogP contribution in [0.25, 0.3) is 0 Å². The van der Waals surface area contributed by atoms with Gasteiger partial charge in [-0.2, -0.15) is 0 Å². The lowest BCUT2D eigenvalue weighted by Crippen LogP contribution is -2.42. The molecule has 2 heteroatoms. The van der Waals surface area contributed by atoms with Gasteiger partial charge in [-0.05, 0) is 49.4 Å². The van der Waals surface area contributed by atoms with Crippen LogP contribution in [-0.2, 0) is 4.74 Å². The third kappa shape index (κ3) is 2.54. The first-order valence-corrected chi connectivity index (χ1v) is 6.43. The van der Waals surface area contributed by atoms with E-state index in [1.807, 2.05) is 0 Å². The van der Waals surface area contributed by atoms with Crippen LogP contribution in [0.5, 0.6) is 0 Å². The average molecular weight is 212 g/mol. The van der Waals surface area contributed by atoms with Crippen LogP contribution in [0.15, 0.2) is 0 Å². The van der Waals surface area contributed by atoms with Crippen molar-refractivity contribution in [3.63, 3.8) is 0 Å². The van der Waals surface area contributed by atoms with Gasteiger partial charge < -0.3 is 9.84 Å². The van der Waals surface area contributed by atoms with E-state index in [1.165, 1.54) is 25.7 Å². The van der Waals surface area contributed by atoms with Crippen LogP contribution in [-0.4, -0.2) is 24.4 Å². The smallest absolute Gasteiger partial charge is 0.0701 e. The SMILES string of the molecule is CC1CC2CC(C)C(OCCO)C(C1)C2. The molecule has 0 aromatic rings. The Labute approximate surface area is 93.0 Å². The minimum Gasteiger partial charge on any atom is -0.394 e. The zero-order valence-corrected chi connectivity index (χ0v) is 9.98. The lowest BCUT2D eigenvalue weighted by molar-refractivity contribution is -0.0863. The summed E-state index contributed by atoms with van der Waals surface area (Å²) in [5.74, 6) is 3.27. The molecule has 0 saturated heterocycles. The number of rotatable bonds is 3. The zero-order chi connectivity index (χ0) is 10.8. The minimum absolute atomic E-state index is 0.162. The molecule has 0 spiro atoms. The van der Waals surface area contributed by atoms with Gasteiger partial charge in [-0.1, -0.05) is 13.8 Å². The molecule has 2 saturated carbocycles. The number of aliphatic hydroxyl groups excluding tert-OH is 1. The number of fused-ring (bicyclic) bond motifs is 2. The van der Waals surface area contributed by atoms with Crippen molar-refractivity contribution in [1.82, 2.24) is 0 Å². The maximum absolute atomic E-state index is 8.84. The Hall–Kier alpha value is -0.0800. The number of hydrogen-bond acceptors (Lipinski definition) is 2. The molecule has 2 rings (SSSR count). The van der Waals surface area contributed by atoms with Gasteiger partial charge in [0.15, 0.2) is 0 Å². The molecule has 15 heavy (non-hydrogen) atoms. The zero-order valence-electron chi connectivity index (χ0n) is 9.98. The molecule has 0 amide bonds. The molecule has 0 aromatic carbocycles. The molecule has 2 aliphatic carbocycles. The van der Waals surface area contributed by atoms with Gasteiger partial charge in [0.1, 0.15) is 0 Å². The fraction of sp³-hybridized carbons (Fsp3) is 1.00. The van der Waals surface area contributed by atoms with Gasteiger partial charge in [-0.25, -0.2) is 0 Å². The highest BCUT2D eigenvalue weighted by atomic mass is 16.5. The summed E-state index contributed by atoms with van der Waals surface area (Å²) in [4.78, 5) is 0. The topological polar surface area (TPSA) is 29.5 Å². The quantitative estimate of drug-likeness (QED) is 0.778. The first-order valence-electron chi connectivity index (χ1n) is 6.43. The molecule has 2 bridgehead atoms. The van der Waals surface area contributed by atoms with Crippen molar-refractivity contribution < 1.29 is 9.84 Å². The van der Waals surface area contributed by atoms with Crippen molar-refractivity contribution in [2.45, 2.75) is 45.6 Å². The summed E-state index contributed by atoms with van der Waals surface area (Å²) in [5, 5.41) is 8.84. The second-order valence-electron chi connectivity index (χ2n) is 5.71. The Balaban J connectivity index is 1.96. The van der Waals surface area contributed by atoms with Gasteiger partial charge in [0.2, 0.25) is 0 Å². The maximum Gasteiger partial charge on any atom is 0.0701 e. The summed E-state index contributed by atoms with van der Waals surface area (Å²) in [5.41, 5.74) is 0. The van der Waals surface area contributed by atoms with Crippen LogP contribution < -0.4 is 0 Å². The molecule has 0 aliphatic heterocycles. The highest BCUT2D eigenvalue weighted by Gasteiger charge is 2.40. The highest BCUT2D eigenvalue weighted by Crippen LogP contribution is 2.45. The van der Waals surface area contributed by atoms with E-state index < -0.39 is 0 Å². The minimum atomic E-state index is 0.162. The standard InChI is InChI=1S/C13H24O2/c1-9-5-11-7-10(2)13(15-4-3-14)12(6-9)8-11/h9-14H,3-8H2,1-2H3. The Morgan fingerprint density at radius 2 is 1.93 bits per heavy atom. The Morgan fingerprint density at radius 1 is 1.13 bits per heavy atom. The van der Waals surface area contributed by atoms with Crippen molar-refractivity contribution in [1.29, 1.82) is 0 Å². The monoisotopic (exact) mass is 212 g/mol. The number of ether oxygens (including phenoxy) is 1. The maximum atomic E-state index is 8.84. The molecule has 5 unspecified atom stereocenters. The molecular weight excluding hydrogens is 188 g/mol. The van der Waals surface area contributed by atoms with Gasteiger partial charge >= 0.3 is 0 Å². The van der Waals surface area contributed by atoms with E-state index in [0.29, 0.717) is 18.6 Å². The molecule has 1 N–H and O–H groups in total. The van der Waals surface area contributed by atoms with Gasteiger partial charge in [-0.15, -0.1) is 0 Å². The Bertz CT molecular complexity index is 201. The van der Waals surface area contributed by atoms with Crippen LogP contribution in [0.3, 0.4) is 0 Å². The van der Waals surface area contributed by atoms with Crippen molar-refractivity contribution in [2.24, 2.45) is 23.7 Å². The molecule has 88 valence electrons. The van der Waals surface area contributed by atoms with Crippen molar-refractivity contribution in [3.8, 4) is 0 Å². The first-order chi connectivity index (χ1) is 7.20. The molecular formula is C13H24O2. The molecule has 2 aliphatic rings. The van der Waals surface area contributed by atoms with E-state index in [1.54, 1.807) is 0 Å². The predicted octanol–water partition coefficient (Wildman–Crippen LogP) is 2.46. The predicted molar refractivity (Wildman–Crippen MR) is 60.6 cm³/mol. The Morgan fingerprint density at radius 3 is 2.67 bits per heavy atom. The van der Waals surface area contributed by atoms with Crippen LogP contribution in [0.4, 0.5) is 0 Å². The van der Waals surface area contributed by atoms with Crippen LogP contribution in [0, 0.1) is 23.7 Å². The molecule has 2 nitrogen and oxygen atoms in total. The van der Waals surface area contributed by atoms with Crippen LogP contribution in [0.2, 0.25) is 0 Å². The Kier molecular flexibility index (Phi) is 3.68. The third-order valence-electron chi connectivity index (χ3n) is 4.21. The van der Waals surface area contributed by atoms with Crippen LogP contribution >= 0.6 is 0 Å². The second-order valence-corrected chi connectivity index (χ2v) is 5.71. The van der Waals surface area contributed by atoms with Crippen molar-refractivity contribution in [2.75, 3.05) is 13.2 Å². The van der Waals surface area contributed by atoms with E-state index in [-0.39, 0.29) is 6.61 Å². The van der Waals surface area contributed by atoms with E-state index in [4.69, 9.17) is 9.84 Å². The lowest BCUT2D eigenvalue weighted by Gasteiger charge is -2.46. The average Bonchev–Trinajstić information content (AvgIpc) is 2.16. The lowest BCUT2D eigenvalue weighted by atomic mass is 9.64. The third-order valence-corrected chi connectivity index (χ3v) is 4.21. The van der Waals surface area contributed by atoms with Gasteiger partial charge in [0.25, 0.3) is 0 Å². The van der Waals surface area contributed by atoms with Gasteiger partial charge in [0, 0.05) is 0 Å². The van der Waals surface area contributed by atoms with Gasteiger partial charge in [-0.3, -0.25) is 0 Å². The summed E-state index contributed by atoms with van der Waals surface area (Å²) in [7, 11) is 0.